The van der Waals surface area contributed by atoms with Crippen molar-refractivity contribution in [3.63, 3.8) is 0 Å². The predicted molar refractivity (Wildman–Crippen MR) is 84.9 cm³/mol. The highest BCUT2D eigenvalue weighted by molar-refractivity contribution is 5.94. The number of rotatable bonds is 2. The van der Waals surface area contributed by atoms with E-state index in [-0.39, 0.29) is 11.9 Å². The van der Waals surface area contributed by atoms with Crippen molar-refractivity contribution in [1.29, 1.82) is 5.26 Å². The number of nitriles is 1. The Bertz CT molecular complexity index is 762. The first-order valence-electron chi connectivity index (χ1n) is 7.50. The maximum absolute atomic E-state index is 12.6. The lowest BCUT2D eigenvalue weighted by atomic mass is 10.1. The third-order valence-corrected chi connectivity index (χ3v) is 4.05. The summed E-state index contributed by atoms with van der Waals surface area (Å²) in [6, 6.07) is 5.73. The Morgan fingerprint density at radius 2 is 2.26 bits per heavy atom. The molecule has 0 aliphatic carbocycles. The van der Waals surface area contributed by atoms with Crippen LogP contribution >= 0.6 is 0 Å². The maximum Gasteiger partial charge on any atom is 0.257 e. The minimum absolute atomic E-state index is 0.00761. The molecule has 3 heterocycles. The largest absolute Gasteiger partial charge is 0.352 e. The molecular formula is C16H18N6O. The number of carbonyl (C=O) groups excluding carboxylic acids is 1. The van der Waals surface area contributed by atoms with E-state index >= 15 is 0 Å². The average molecular weight is 310 g/mol. The predicted octanol–water partition coefficient (Wildman–Crippen LogP) is 1.04. The van der Waals surface area contributed by atoms with Crippen molar-refractivity contribution < 1.29 is 4.79 Å². The Morgan fingerprint density at radius 1 is 1.43 bits per heavy atom. The summed E-state index contributed by atoms with van der Waals surface area (Å²) < 4.78 is 1.63. The van der Waals surface area contributed by atoms with Gasteiger partial charge in [-0.15, -0.1) is 0 Å². The van der Waals surface area contributed by atoms with Crippen molar-refractivity contribution in [3.8, 4) is 6.07 Å². The zero-order chi connectivity index (χ0) is 16.4. The van der Waals surface area contributed by atoms with Crippen molar-refractivity contribution in [2.45, 2.75) is 13.0 Å². The Kier molecular flexibility index (Phi) is 3.98. The van der Waals surface area contributed by atoms with E-state index in [4.69, 9.17) is 0 Å². The highest BCUT2D eigenvalue weighted by atomic mass is 16.2. The first-order chi connectivity index (χ1) is 11.1. The van der Waals surface area contributed by atoms with Crippen LogP contribution < -0.4 is 4.90 Å². The summed E-state index contributed by atoms with van der Waals surface area (Å²) in [6.07, 6.45) is 5.01. The second kappa shape index (κ2) is 6.08. The van der Waals surface area contributed by atoms with Gasteiger partial charge in [0.25, 0.3) is 5.91 Å². The molecule has 1 aliphatic rings. The van der Waals surface area contributed by atoms with E-state index in [1.54, 1.807) is 42.5 Å². The second-order valence-electron chi connectivity index (χ2n) is 5.68. The van der Waals surface area contributed by atoms with Crippen LogP contribution in [-0.2, 0) is 7.05 Å². The third-order valence-electron chi connectivity index (χ3n) is 4.05. The van der Waals surface area contributed by atoms with Crippen LogP contribution in [0.25, 0.3) is 0 Å². The lowest BCUT2D eigenvalue weighted by Crippen LogP contribution is -2.54. The number of nitrogens with zero attached hydrogens (tertiary/aromatic N) is 6. The molecule has 7 heteroatoms. The molecule has 0 radical (unpaired) electrons. The molecule has 1 saturated heterocycles. The minimum atomic E-state index is -0.00761. The van der Waals surface area contributed by atoms with Gasteiger partial charge >= 0.3 is 0 Å². The Labute approximate surface area is 134 Å². The lowest BCUT2D eigenvalue weighted by molar-refractivity contribution is 0.0673. The number of aryl methyl sites for hydroxylation is 1. The number of piperazine rings is 1. The molecule has 118 valence electrons. The molecule has 1 unspecified atom stereocenters. The average Bonchev–Trinajstić information content (AvgIpc) is 3.00. The molecule has 0 spiro atoms. The smallest absolute Gasteiger partial charge is 0.257 e. The quantitative estimate of drug-likeness (QED) is 0.828. The number of pyridine rings is 1. The normalized spacial score (nSPS) is 17.9. The minimum Gasteiger partial charge on any atom is -0.352 e. The van der Waals surface area contributed by atoms with E-state index in [0.717, 1.165) is 0 Å². The second-order valence-corrected chi connectivity index (χ2v) is 5.68. The summed E-state index contributed by atoms with van der Waals surface area (Å²) in [5.74, 6) is 0.683. The number of hydrogen-bond acceptors (Lipinski definition) is 5. The van der Waals surface area contributed by atoms with E-state index in [1.165, 1.54) is 0 Å². The van der Waals surface area contributed by atoms with E-state index in [2.05, 4.69) is 21.1 Å². The standard InChI is InChI=1S/C16H18N6O/c1-12-10-21(15-13(8-17)4-3-5-18-15)6-7-22(12)16(23)14-9-19-20(2)11-14/h3-5,9,11-12H,6-7,10H2,1-2H3. The number of hydrogen-bond donors (Lipinski definition) is 0. The summed E-state index contributed by atoms with van der Waals surface area (Å²) in [7, 11) is 1.79. The molecule has 7 nitrogen and oxygen atoms in total. The van der Waals surface area contributed by atoms with Gasteiger partial charge in [0.05, 0.1) is 17.3 Å². The topological polar surface area (TPSA) is 78.1 Å². The molecule has 1 aliphatic heterocycles. The molecule has 0 bridgehead atoms. The molecule has 0 aromatic carbocycles. The summed E-state index contributed by atoms with van der Waals surface area (Å²) in [5, 5.41) is 13.3. The fourth-order valence-electron chi connectivity index (χ4n) is 2.89. The van der Waals surface area contributed by atoms with Gasteiger partial charge in [0.2, 0.25) is 0 Å². The van der Waals surface area contributed by atoms with E-state index in [0.29, 0.717) is 36.6 Å². The Morgan fingerprint density at radius 3 is 2.91 bits per heavy atom. The van der Waals surface area contributed by atoms with Gasteiger partial charge in [-0.1, -0.05) is 0 Å². The van der Waals surface area contributed by atoms with Crippen molar-refractivity contribution in [2.75, 3.05) is 24.5 Å². The maximum atomic E-state index is 12.6. The fourth-order valence-corrected chi connectivity index (χ4v) is 2.89. The van der Waals surface area contributed by atoms with Gasteiger partial charge in [-0.3, -0.25) is 9.48 Å². The van der Waals surface area contributed by atoms with E-state index < -0.39 is 0 Å². The molecule has 1 fully saturated rings. The summed E-state index contributed by atoms with van der Waals surface area (Å²) in [6.45, 7) is 3.91. The summed E-state index contributed by atoms with van der Waals surface area (Å²) in [5.41, 5.74) is 1.16. The van der Waals surface area contributed by atoms with E-state index in [1.807, 2.05) is 11.8 Å². The summed E-state index contributed by atoms with van der Waals surface area (Å²) in [4.78, 5) is 20.8. The third kappa shape index (κ3) is 2.88. The molecule has 1 atom stereocenters. The zero-order valence-corrected chi connectivity index (χ0v) is 13.2. The number of amides is 1. The molecular weight excluding hydrogens is 292 g/mol. The fraction of sp³-hybridized carbons (Fsp3) is 0.375. The number of aromatic nitrogens is 3. The van der Waals surface area contributed by atoms with Gasteiger partial charge in [-0.2, -0.15) is 10.4 Å². The molecule has 3 rings (SSSR count). The van der Waals surface area contributed by atoms with Gasteiger partial charge in [0.15, 0.2) is 0 Å². The van der Waals surface area contributed by atoms with Crippen molar-refractivity contribution in [3.05, 3.63) is 41.9 Å². The van der Waals surface area contributed by atoms with Crippen molar-refractivity contribution in [1.82, 2.24) is 19.7 Å². The summed E-state index contributed by atoms with van der Waals surface area (Å²) >= 11 is 0. The van der Waals surface area contributed by atoms with E-state index in [9.17, 15) is 10.1 Å². The van der Waals surface area contributed by atoms with Crippen LogP contribution in [0.15, 0.2) is 30.7 Å². The molecule has 2 aromatic heterocycles. The van der Waals surface area contributed by atoms with Gasteiger partial charge < -0.3 is 9.80 Å². The first kappa shape index (κ1) is 15.0. The van der Waals surface area contributed by atoms with Crippen molar-refractivity contribution in [2.24, 2.45) is 7.05 Å². The van der Waals surface area contributed by atoms with Crippen LogP contribution in [0.3, 0.4) is 0 Å². The van der Waals surface area contributed by atoms with Gasteiger partial charge in [-0.05, 0) is 19.1 Å². The highest BCUT2D eigenvalue weighted by Gasteiger charge is 2.30. The zero-order valence-electron chi connectivity index (χ0n) is 13.2. The van der Waals surface area contributed by atoms with Gasteiger partial charge in [-0.25, -0.2) is 4.98 Å². The number of anilines is 1. The Hall–Kier alpha value is -2.88. The van der Waals surface area contributed by atoms with Gasteiger partial charge in [0, 0.05) is 45.1 Å². The SMILES string of the molecule is CC1CN(c2ncccc2C#N)CCN1C(=O)c1cnn(C)c1. The molecule has 1 amide bonds. The van der Waals surface area contributed by atoms with Gasteiger partial charge in [0.1, 0.15) is 11.9 Å². The first-order valence-corrected chi connectivity index (χ1v) is 7.50. The molecule has 0 N–H and O–H groups in total. The van der Waals surface area contributed by atoms with Crippen LogP contribution in [-0.4, -0.2) is 51.2 Å². The molecule has 23 heavy (non-hydrogen) atoms. The molecule has 2 aromatic rings. The van der Waals surface area contributed by atoms with Crippen LogP contribution in [0.5, 0.6) is 0 Å². The lowest BCUT2D eigenvalue weighted by Gasteiger charge is -2.40. The monoisotopic (exact) mass is 310 g/mol. The van der Waals surface area contributed by atoms with Crippen LogP contribution in [0.4, 0.5) is 5.82 Å². The molecule has 0 saturated carbocycles. The van der Waals surface area contributed by atoms with Crippen LogP contribution in [0.1, 0.15) is 22.8 Å². The highest BCUT2D eigenvalue weighted by Crippen LogP contribution is 2.21. The van der Waals surface area contributed by atoms with Crippen LogP contribution in [0, 0.1) is 11.3 Å². The Balaban J connectivity index is 1.75. The van der Waals surface area contributed by atoms with Crippen molar-refractivity contribution >= 4 is 11.7 Å². The van der Waals surface area contributed by atoms with Crippen LogP contribution in [0.2, 0.25) is 0 Å². The number of carbonyl (C=O) groups is 1.